The first-order valence-corrected chi connectivity index (χ1v) is 5.62. The third kappa shape index (κ3) is 2.58. The van der Waals surface area contributed by atoms with Crippen molar-refractivity contribution < 1.29 is 24.3 Å². The number of carboxylic acid groups (broad SMARTS) is 1. The lowest BCUT2D eigenvalue weighted by Crippen LogP contribution is -2.52. The van der Waals surface area contributed by atoms with Crippen LogP contribution in [0.25, 0.3) is 0 Å². The number of nitrogens with zero attached hydrogens (tertiary/aromatic N) is 1. The molecule has 2 atom stereocenters. The highest BCUT2D eigenvalue weighted by Gasteiger charge is 2.34. The topological polar surface area (TPSA) is 117 Å². The van der Waals surface area contributed by atoms with Crippen molar-refractivity contribution in [3.05, 3.63) is 0 Å². The zero-order valence-electron chi connectivity index (χ0n) is 9.51. The lowest BCUT2D eigenvalue weighted by atomic mass is 10.1. The van der Waals surface area contributed by atoms with Gasteiger partial charge in [-0.3, -0.25) is 9.59 Å². The SMILES string of the molecule is O=C(O)C1=NOC(C(=O)NC2CCCNC2=O)C1. The summed E-state index contributed by atoms with van der Waals surface area (Å²) in [4.78, 5) is 38.5. The van der Waals surface area contributed by atoms with Crippen molar-refractivity contribution in [3.8, 4) is 0 Å². The van der Waals surface area contributed by atoms with E-state index >= 15 is 0 Å². The van der Waals surface area contributed by atoms with Gasteiger partial charge in [0.25, 0.3) is 5.91 Å². The number of carbonyl (C=O) groups excluding carboxylic acids is 2. The van der Waals surface area contributed by atoms with Crippen LogP contribution in [0.3, 0.4) is 0 Å². The molecular formula is C10H13N3O5. The molecule has 2 aliphatic rings. The minimum absolute atomic E-state index is 0.0878. The third-order valence-corrected chi connectivity index (χ3v) is 2.81. The molecule has 0 aliphatic carbocycles. The summed E-state index contributed by atoms with van der Waals surface area (Å²) in [6.45, 7) is 0.609. The average Bonchev–Trinajstić information content (AvgIpc) is 2.81. The number of carboxylic acids is 1. The van der Waals surface area contributed by atoms with E-state index in [2.05, 4.69) is 15.8 Å². The van der Waals surface area contributed by atoms with Gasteiger partial charge in [-0.25, -0.2) is 4.79 Å². The maximum atomic E-state index is 11.7. The number of carbonyl (C=O) groups is 3. The first kappa shape index (κ1) is 12.3. The first-order chi connectivity index (χ1) is 8.58. The fraction of sp³-hybridized carbons (Fsp3) is 0.600. The number of oxime groups is 1. The van der Waals surface area contributed by atoms with Crippen LogP contribution < -0.4 is 10.6 Å². The Morgan fingerprint density at radius 3 is 2.89 bits per heavy atom. The highest BCUT2D eigenvalue weighted by atomic mass is 16.6. The normalized spacial score (nSPS) is 26.9. The quantitative estimate of drug-likeness (QED) is 0.574. The molecule has 8 nitrogen and oxygen atoms in total. The largest absolute Gasteiger partial charge is 0.477 e. The summed E-state index contributed by atoms with van der Waals surface area (Å²) in [5.41, 5.74) is -0.191. The summed E-state index contributed by atoms with van der Waals surface area (Å²) in [7, 11) is 0. The second kappa shape index (κ2) is 5.03. The van der Waals surface area contributed by atoms with Crippen molar-refractivity contribution in [2.75, 3.05) is 6.54 Å². The fourth-order valence-electron chi connectivity index (χ4n) is 1.82. The highest BCUT2D eigenvalue weighted by Crippen LogP contribution is 2.12. The van der Waals surface area contributed by atoms with Gasteiger partial charge in [-0.05, 0) is 12.8 Å². The Balaban J connectivity index is 1.86. The molecular weight excluding hydrogens is 242 g/mol. The van der Waals surface area contributed by atoms with Crippen LogP contribution in [0.4, 0.5) is 0 Å². The van der Waals surface area contributed by atoms with Crippen LogP contribution in [0.1, 0.15) is 19.3 Å². The average molecular weight is 255 g/mol. The summed E-state index contributed by atoms with van der Waals surface area (Å²) in [5, 5.41) is 17.1. The Hall–Kier alpha value is -2.12. The van der Waals surface area contributed by atoms with E-state index in [1.165, 1.54) is 0 Å². The molecule has 2 rings (SSSR count). The van der Waals surface area contributed by atoms with Crippen LogP contribution in [0.5, 0.6) is 0 Å². The Bertz CT molecular complexity index is 420. The number of rotatable bonds is 3. The van der Waals surface area contributed by atoms with E-state index in [0.717, 1.165) is 6.42 Å². The monoisotopic (exact) mass is 255 g/mol. The Labute approximate surface area is 102 Å². The summed E-state index contributed by atoms with van der Waals surface area (Å²) >= 11 is 0. The van der Waals surface area contributed by atoms with Gasteiger partial charge in [-0.1, -0.05) is 5.16 Å². The van der Waals surface area contributed by atoms with Crippen molar-refractivity contribution in [1.82, 2.24) is 10.6 Å². The smallest absolute Gasteiger partial charge is 0.353 e. The van der Waals surface area contributed by atoms with Crippen LogP contribution in [0, 0.1) is 0 Å². The molecule has 2 aliphatic heterocycles. The molecule has 0 bridgehead atoms. The highest BCUT2D eigenvalue weighted by molar-refractivity contribution is 6.36. The van der Waals surface area contributed by atoms with E-state index in [9.17, 15) is 14.4 Å². The van der Waals surface area contributed by atoms with Gasteiger partial charge in [0.05, 0.1) is 0 Å². The zero-order valence-corrected chi connectivity index (χ0v) is 9.51. The molecule has 0 spiro atoms. The predicted molar refractivity (Wildman–Crippen MR) is 58.7 cm³/mol. The summed E-state index contributed by atoms with van der Waals surface area (Å²) in [6, 6.07) is -0.580. The van der Waals surface area contributed by atoms with E-state index in [4.69, 9.17) is 9.94 Å². The third-order valence-electron chi connectivity index (χ3n) is 2.81. The number of hydrogen-bond acceptors (Lipinski definition) is 5. The maximum absolute atomic E-state index is 11.7. The van der Waals surface area contributed by atoms with Crippen molar-refractivity contribution in [2.45, 2.75) is 31.4 Å². The minimum Gasteiger partial charge on any atom is -0.477 e. The molecule has 2 unspecified atom stereocenters. The number of aliphatic carboxylic acids is 1. The van der Waals surface area contributed by atoms with Crippen molar-refractivity contribution in [3.63, 3.8) is 0 Å². The maximum Gasteiger partial charge on any atom is 0.353 e. The molecule has 0 radical (unpaired) electrons. The number of nitrogens with one attached hydrogen (secondary N) is 2. The minimum atomic E-state index is -1.21. The van der Waals surface area contributed by atoms with E-state index in [1.807, 2.05) is 0 Å². The Morgan fingerprint density at radius 2 is 2.28 bits per heavy atom. The van der Waals surface area contributed by atoms with Crippen molar-refractivity contribution >= 4 is 23.5 Å². The number of hydrogen-bond donors (Lipinski definition) is 3. The van der Waals surface area contributed by atoms with E-state index in [1.54, 1.807) is 0 Å². The van der Waals surface area contributed by atoms with Gasteiger partial charge in [0, 0.05) is 13.0 Å². The lowest BCUT2D eigenvalue weighted by molar-refractivity contribution is -0.136. The van der Waals surface area contributed by atoms with Crippen LogP contribution in [-0.4, -0.2) is 47.3 Å². The van der Waals surface area contributed by atoms with Crippen LogP contribution in [0.15, 0.2) is 5.16 Å². The Kier molecular flexibility index (Phi) is 3.45. The second-order valence-electron chi connectivity index (χ2n) is 4.14. The molecule has 0 aromatic rings. The van der Waals surface area contributed by atoms with Gasteiger partial charge in [0.15, 0.2) is 5.71 Å². The molecule has 1 saturated heterocycles. The lowest BCUT2D eigenvalue weighted by Gasteiger charge is -2.23. The fourth-order valence-corrected chi connectivity index (χ4v) is 1.82. The molecule has 0 aromatic heterocycles. The molecule has 8 heteroatoms. The van der Waals surface area contributed by atoms with Crippen LogP contribution >= 0.6 is 0 Å². The second-order valence-corrected chi connectivity index (χ2v) is 4.14. The van der Waals surface area contributed by atoms with Gasteiger partial charge in [-0.15, -0.1) is 0 Å². The molecule has 2 amide bonds. The van der Waals surface area contributed by atoms with Crippen LogP contribution in [0.2, 0.25) is 0 Å². The van der Waals surface area contributed by atoms with Crippen molar-refractivity contribution in [2.24, 2.45) is 5.16 Å². The number of piperidine rings is 1. The van der Waals surface area contributed by atoms with Crippen molar-refractivity contribution in [1.29, 1.82) is 0 Å². The molecule has 0 saturated carbocycles. The molecule has 3 N–H and O–H groups in total. The summed E-state index contributed by atoms with van der Waals surface area (Å²) in [6.07, 6.45) is 0.303. The molecule has 98 valence electrons. The van der Waals surface area contributed by atoms with Gasteiger partial charge in [0.1, 0.15) is 6.04 Å². The molecule has 0 aromatic carbocycles. The van der Waals surface area contributed by atoms with E-state index in [-0.39, 0.29) is 18.0 Å². The van der Waals surface area contributed by atoms with Gasteiger partial charge in [-0.2, -0.15) is 0 Å². The standard InChI is InChI=1S/C10H13N3O5/c14-8-5(2-1-3-11-8)12-9(15)7-4-6(10(16)17)13-18-7/h5,7H,1-4H2,(H,11,14)(H,12,15)(H,16,17). The predicted octanol–water partition coefficient (Wildman–Crippen LogP) is -1.39. The van der Waals surface area contributed by atoms with Gasteiger partial charge in [0.2, 0.25) is 12.0 Å². The summed E-state index contributed by atoms with van der Waals surface area (Å²) < 4.78 is 0. The number of amides is 2. The van der Waals surface area contributed by atoms with Gasteiger partial charge < -0.3 is 20.6 Å². The molecule has 18 heavy (non-hydrogen) atoms. The van der Waals surface area contributed by atoms with Gasteiger partial charge >= 0.3 is 5.97 Å². The summed E-state index contributed by atoms with van der Waals surface area (Å²) in [5.74, 6) is -1.95. The Morgan fingerprint density at radius 1 is 1.50 bits per heavy atom. The molecule has 2 heterocycles. The van der Waals surface area contributed by atoms with E-state index in [0.29, 0.717) is 13.0 Å². The van der Waals surface area contributed by atoms with Crippen LogP contribution in [-0.2, 0) is 19.2 Å². The molecule has 1 fully saturated rings. The zero-order chi connectivity index (χ0) is 13.1. The van der Waals surface area contributed by atoms with E-state index < -0.39 is 24.0 Å². The first-order valence-electron chi connectivity index (χ1n) is 5.62.